The minimum absolute atomic E-state index is 0. The van der Waals surface area contributed by atoms with Crippen molar-refractivity contribution in [2.24, 2.45) is 0 Å². The molecule has 0 spiro atoms. The standard InChI is InChI=1S/C4H12N.BF4.H3N/c1-5(2,3)4;2-1(3,4)5;/h1-4H3;;1H3/q+1;-1;. The molecule has 0 aliphatic carbocycles. The first-order valence-electron chi connectivity index (χ1n) is 2.66. The van der Waals surface area contributed by atoms with Gasteiger partial charge in [-0.2, -0.15) is 0 Å². The Balaban J connectivity index is -0.000000107. The summed E-state index contributed by atoms with van der Waals surface area (Å²) < 4.78 is 40.0. The van der Waals surface area contributed by atoms with Gasteiger partial charge in [0.15, 0.2) is 0 Å². The maximum absolute atomic E-state index is 9.75. The van der Waals surface area contributed by atoms with Crippen LogP contribution < -0.4 is 6.15 Å². The fourth-order valence-corrected chi connectivity index (χ4v) is 0. The molecule has 0 aromatic carbocycles. The van der Waals surface area contributed by atoms with Crippen LogP contribution in [0.2, 0.25) is 0 Å². The highest BCUT2D eigenvalue weighted by molar-refractivity contribution is 6.50. The number of quaternary nitrogens is 1. The van der Waals surface area contributed by atoms with E-state index in [0.29, 0.717) is 0 Å². The third-order valence-electron chi connectivity index (χ3n) is 0. The predicted molar refractivity (Wildman–Crippen MR) is 39.2 cm³/mol. The second kappa shape index (κ2) is 5.37. The topological polar surface area (TPSA) is 35.0 Å². The molecule has 0 radical (unpaired) electrons. The van der Waals surface area contributed by atoms with E-state index in [2.05, 4.69) is 28.2 Å². The molecule has 7 heteroatoms. The summed E-state index contributed by atoms with van der Waals surface area (Å²) in [4.78, 5) is 0. The summed E-state index contributed by atoms with van der Waals surface area (Å²) in [6.07, 6.45) is 0. The van der Waals surface area contributed by atoms with Gasteiger partial charge in [-0.25, -0.2) is 0 Å². The predicted octanol–water partition coefficient (Wildman–Crippen LogP) is 1.78. The molecular weight excluding hydrogens is 163 g/mol. The molecule has 0 aromatic rings. The lowest BCUT2D eigenvalue weighted by Crippen LogP contribution is -2.27. The van der Waals surface area contributed by atoms with Crippen molar-refractivity contribution in [3.63, 3.8) is 0 Å². The molecular formula is C4H15BF4N2. The van der Waals surface area contributed by atoms with Crippen molar-refractivity contribution in [3.05, 3.63) is 0 Å². The highest BCUT2D eigenvalue weighted by atomic mass is 19.5. The number of nitrogens with zero attached hydrogens (tertiary/aromatic N) is 1. The zero-order valence-electron chi connectivity index (χ0n) is 7.24. The fraction of sp³-hybridized carbons (Fsp3) is 1.00. The van der Waals surface area contributed by atoms with Crippen molar-refractivity contribution in [2.75, 3.05) is 28.2 Å². The third kappa shape index (κ3) is 6620. The van der Waals surface area contributed by atoms with Gasteiger partial charge in [0.25, 0.3) is 0 Å². The molecule has 0 bridgehead atoms. The molecule has 0 aromatic heterocycles. The van der Waals surface area contributed by atoms with Gasteiger partial charge < -0.3 is 27.9 Å². The molecule has 0 aliphatic rings. The summed E-state index contributed by atoms with van der Waals surface area (Å²) in [6.45, 7) is 0. The Hall–Kier alpha value is -0.295. The lowest BCUT2D eigenvalue weighted by Gasteiger charge is -2.14. The molecule has 0 atom stereocenters. The lowest BCUT2D eigenvalue weighted by molar-refractivity contribution is -0.849. The highest BCUT2D eigenvalue weighted by Gasteiger charge is 2.20. The van der Waals surface area contributed by atoms with Gasteiger partial charge in [-0.3, -0.25) is 0 Å². The number of halogens is 4. The Morgan fingerprint density at radius 3 is 0.818 bits per heavy atom. The smallest absolute Gasteiger partial charge is 0.418 e. The van der Waals surface area contributed by atoms with Crippen LogP contribution in [-0.4, -0.2) is 39.9 Å². The van der Waals surface area contributed by atoms with Crippen LogP contribution in [-0.2, 0) is 0 Å². The van der Waals surface area contributed by atoms with Crippen molar-refractivity contribution in [1.82, 2.24) is 6.15 Å². The lowest BCUT2D eigenvalue weighted by atomic mass is 10.3. The van der Waals surface area contributed by atoms with E-state index < -0.39 is 7.25 Å². The quantitative estimate of drug-likeness (QED) is 0.342. The Bertz CT molecular complexity index is 63.1. The van der Waals surface area contributed by atoms with Crippen LogP contribution in [0.25, 0.3) is 0 Å². The minimum Gasteiger partial charge on any atom is -0.418 e. The van der Waals surface area contributed by atoms with Crippen molar-refractivity contribution in [1.29, 1.82) is 0 Å². The number of hydrogen-bond acceptors (Lipinski definition) is 1. The van der Waals surface area contributed by atoms with Crippen molar-refractivity contribution in [3.8, 4) is 0 Å². The summed E-state index contributed by atoms with van der Waals surface area (Å²) in [5.41, 5.74) is 0. The summed E-state index contributed by atoms with van der Waals surface area (Å²) in [7, 11) is 2.50. The summed E-state index contributed by atoms with van der Waals surface area (Å²) in [6, 6.07) is 0. The van der Waals surface area contributed by atoms with E-state index in [9.17, 15) is 17.3 Å². The first-order chi connectivity index (χ1) is 4.00. The average molecular weight is 178 g/mol. The van der Waals surface area contributed by atoms with E-state index >= 15 is 0 Å². The van der Waals surface area contributed by atoms with Gasteiger partial charge in [-0.1, -0.05) is 0 Å². The zero-order chi connectivity index (χ0) is 9.00. The molecule has 0 fully saturated rings. The van der Waals surface area contributed by atoms with E-state index in [1.807, 2.05) is 0 Å². The first kappa shape index (κ1) is 17.0. The van der Waals surface area contributed by atoms with Crippen LogP contribution in [0.1, 0.15) is 0 Å². The molecule has 0 unspecified atom stereocenters. The molecule has 0 rings (SSSR count). The van der Waals surface area contributed by atoms with Crippen LogP contribution in [0.15, 0.2) is 0 Å². The molecule has 0 saturated carbocycles. The van der Waals surface area contributed by atoms with Gasteiger partial charge in [-0.05, 0) is 0 Å². The summed E-state index contributed by atoms with van der Waals surface area (Å²) in [5, 5.41) is 0. The molecule has 11 heavy (non-hydrogen) atoms. The van der Waals surface area contributed by atoms with Gasteiger partial charge in [0.1, 0.15) is 0 Å². The SMILES string of the molecule is C[N+](C)(C)C.F[B-](F)(F)F.N. The van der Waals surface area contributed by atoms with Crippen LogP contribution in [0, 0.1) is 0 Å². The second-order valence-corrected chi connectivity index (χ2v) is 3.18. The van der Waals surface area contributed by atoms with E-state index in [-0.39, 0.29) is 6.15 Å². The third-order valence-corrected chi connectivity index (χ3v) is 0. The van der Waals surface area contributed by atoms with Crippen molar-refractivity contribution < 1.29 is 21.7 Å². The van der Waals surface area contributed by atoms with Crippen LogP contribution in [0.4, 0.5) is 17.3 Å². The Morgan fingerprint density at radius 1 is 0.818 bits per heavy atom. The zero-order valence-corrected chi connectivity index (χ0v) is 7.24. The Kier molecular flexibility index (Phi) is 8.29. The molecule has 72 valence electrons. The normalized spacial score (nSPS) is 10.9. The second-order valence-electron chi connectivity index (χ2n) is 3.18. The molecule has 2 nitrogen and oxygen atoms in total. The maximum atomic E-state index is 9.75. The Labute approximate surface area is 64.5 Å². The van der Waals surface area contributed by atoms with Gasteiger partial charge in [0, 0.05) is 0 Å². The average Bonchev–Trinajstić information content (AvgIpc) is 1.12. The fourth-order valence-electron chi connectivity index (χ4n) is 0. The largest absolute Gasteiger partial charge is 0.673 e. The maximum Gasteiger partial charge on any atom is 0.673 e. The van der Waals surface area contributed by atoms with Crippen LogP contribution in [0.5, 0.6) is 0 Å². The Morgan fingerprint density at radius 2 is 0.818 bits per heavy atom. The van der Waals surface area contributed by atoms with E-state index in [1.165, 1.54) is 0 Å². The molecule has 0 saturated heterocycles. The molecule has 0 aliphatic heterocycles. The highest BCUT2D eigenvalue weighted by Crippen LogP contribution is 2.06. The minimum atomic E-state index is -6.00. The van der Waals surface area contributed by atoms with Crippen LogP contribution >= 0.6 is 0 Å². The van der Waals surface area contributed by atoms with Crippen molar-refractivity contribution >= 4 is 7.25 Å². The van der Waals surface area contributed by atoms with Crippen molar-refractivity contribution in [2.45, 2.75) is 0 Å². The van der Waals surface area contributed by atoms with Gasteiger partial charge >= 0.3 is 7.25 Å². The van der Waals surface area contributed by atoms with E-state index in [0.717, 1.165) is 4.48 Å². The molecule has 0 heterocycles. The number of hydrogen-bond donors (Lipinski definition) is 1. The monoisotopic (exact) mass is 178 g/mol. The summed E-state index contributed by atoms with van der Waals surface area (Å²) >= 11 is 0. The summed E-state index contributed by atoms with van der Waals surface area (Å²) in [5.74, 6) is 0. The van der Waals surface area contributed by atoms with E-state index in [4.69, 9.17) is 0 Å². The van der Waals surface area contributed by atoms with Crippen LogP contribution in [0.3, 0.4) is 0 Å². The van der Waals surface area contributed by atoms with E-state index in [1.54, 1.807) is 0 Å². The molecule has 3 N–H and O–H groups in total. The molecule has 0 amide bonds. The first-order valence-corrected chi connectivity index (χ1v) is 2.66. The van der Waals surface area contributed by atoms with Gasteiger partial charge in [-0.15, -0.1) is 0 Å². The number of rotatable bonds is 0. The van der Waals surface area contributed by atoms with Gasteiger partial charge in [0.2, 0.25) is 0 Å². The van der Waals surface area contributed by atoms with Gasteiger partial charge in [0.05, 0.1) is 28.2 Å².